The molecule has 0 saturated heterocycles. The van der Waals surface area contributed by atoms with Crippen LogP contribution in [0.15, 0.2) is 11.4 Å². The zero-order chi connectivity index (χ0) is 14.7. The second kappa shape index (κ2) is 6.19. The number of ether oxygens (including phenoxy) is 1. The minimum atomic E-state index is -0.0741. The number of carbonyl (C=O) groups is 1. The molecule has 0 atom stereocenters. The van der Waals surface area contributed by atoms with E-state index in [0.29, 0.717) is 13.2 Å². The van der Waals surface area contributed by atoms with Gasteiger partial charge in [0.05, 0.1) is 35.1 Å². The quantitative estimate of drug-likeness (QED) is 0.922. The van der Waals surface area contributed by atoms with Gasteiger partial charge in [0, 0.05) is 7.11 Å². The van der Waals surface area contributed by atoms with Gasteiger partial charge in [0.2, 0.25) is 0 Å². The van der Waals surface area contributed by atoms with Crippen molar-refractivity contribution in [3.8, 4) is 0 Å². The normalized spacial score (nSPS) is 10.8. The summed E-state index contributed by atoms with van der Waals surface area (Å²) in [5.41, 5.74) is 3.55. The highest BCUT2D eigenvalue weighted by Crippen LogP contribution is 2.22. The smallest absolute Gasteiger partial charge is 0.266 e. The summed E-state index contributed by atoms with van der Waals surface area (Å²) in [6.45, 7) is 7.06. The van der Waals surface area contributed by atoms with E-state index >= 15 is 0 Å². The number of nitrogens with one attached hydrogen (secondary N) is 1. The van der Waals surface area contributed by atoms with Gasteiger partial charge in [-0.2, -0.15) is 5.10 Å². The highest BCUT2D eigenvalue weighted by atomic mass is 32.1. The lowest BCUT2D eigenvalue weighted by Crippen LogP contribution is -2.13. The van der Waals surface area contributed by atoms with Crippen LogP contribution in [0.5, 0.6) is 0 Å². The second-order valence-corrected chi connectivity index (χ2v) is 5.56. The van der Waals surface area contributed by atoms with Gasteiger partial charge < -0.3 is 10.1 Å². The molecule has 0 spiro atoms. The Hall–Kier alpha value is -1.66. The summed E-state index contributed by atoms with van der Waals surface area (Å²) in [4.78, 5) is 13.0. The third-order valence-corrected chi connectivity index (χ3v) is 4.21. The first kappa shape index (κ1) is 14.7. The van der Waals surface area contributed by atoms with Crippen molar-refractivity contribution in [3.05, 3.63) is 33.3 Å². The Bertz CT molecular complexity index is 616. The van der Waals surface area contributed by atoms with Crippen molar-refractivity contribution in [1.29, 1.82) is 0 Å². The van der Waals surface area contributed by atoms with E-state index in [0.717, 1.165) is 27.5 Å². The SMILES string of the molecule is COCCn1nc(C)c(NC(=O)c2sccc2C)c1C. The maximum atomic E-state index is 12.3. The number of carbonyl (C=O) groups excluding carboxylic acids is 1. The summed E-state index contributed by atoms with van der Waals surface area (Å²) in [6, 6.07) is 1.95. The van der Waals surface area contributed by atoms with Gasteiger partial charge in [-0.05, 0) is 37.8 Å². The highest BCUT2D eigenvalue weighted by Gasteiger charge is 2.16. The van der Waals surface area contributed by atoms with Gasteiger partial charge in [0.15, 0.2) is 0 Å². The summed E-state index contributed by atoms with van der Waals surface area (Å²) in [6.07, 6.45) is 0. The number of anilines is 1. The zero-order valence-corrected chi connectivity index (χ0v) is 13.0. The molecular formula is C14H19N3O2S. The van der Waals surface area contributed by atoms with Crippen LogP contribution in [-0.4, -0.2) is 29.4 Å². The van der Waals surface area contributed by atoms with Crippen LogP contribution in [0.3, 0.4) is 0 Å². The van der Waals surface area contributed by atoms with Crippen LogP contribution in [-0.2, 0) is 11.3 Å². The number of nitrogens with zero attached hydrogens (tertiary/aromatic N) is 2. The zero-order valence-electron chi connectivity index (χ0n) is 12.2. The maximum absolute atomic E-state index is 12.3. The van der Waals surface area contributed by atoms with E-state index in [-0.39, 0.29) is 5.91 Å². The number of hydrogen-bond acceptors (Lipinski definition) is 4. The van der Waals surface area contributed by atoms with Crippen LogP contribution in [0.4, 0.5) is 5.69 Å². The molecule has 1 amide bonds. The molecule has 2 rings (SSSR count). The Morgan fingerprint density at radius 3 is 2.80 bits per heavy atom. The minimum Gasteiger partial charge on any atom is -0.383 e. The molecule has 108 valence electrons. The lowest BCUT2D eigenvalue weighted by Gasteiger charge is -2.06. The standard InChI is InChI=1S/C14H19N3O2S/c1-9-5-8-20-13(9)14(18)15-12-10(2)16-17(11(12)3)6-7-19-4/h5,8H,6-7H2,1-4H3,(H,15,18). The molecule has 1 N–H and O–H groups in total. The van der Waals surface area contributed by atoms with Crippen LogP contribution in [0.2, 0.25) is 0 Å². The van der Waals surface area contributed by atoms with E-state index in [1.54, 1.807) is 7.11 Å². The number of amides is 1. The largest absolute Gasteiger partial charge is 0.383 e. The summed E-state index contributed by atoms with van der Waals surface area (Å²) in [5.74, 6) is -0.0741. The molecule has 0 radical (unpaired) electrons. The third-order valence-electron chi connectivity index (χ3n) is 3.20. The number of rotatable bonds is 5. The van der Waals surface area contributed by atoms with Crippen molar-refractivity contribution in [2.45, 2.75) is 27.3 Å². The lowest BCUT2D eigenvalue weighted by atomic mass is 10.2. The number of hydrogen-bond donors (Lipinski definition) is 1. The molecule has 0 aromatic carbocycles. The Kier molecular flexibility index (Phi) is 4.57. The summed E-state index contributed by atoms with van der Waals surface area (Å²) in [7, 11) is 1.66. The van der Waals surface area contributed by atoms with Gasteiger partial charge in [-0.1, -0.05) is 0 Å². The second-order valence-electron chi connectivity index (χ2n) is 4.65. The van der Waals surface area contributed by atoms with Crippen LogP contribution >= 0.6 is 11.3 Å². The van der Waals surface area contributed by atoms with Gasteiger partial charge in [0.1, 0.15) is 0 Å². The number of thiophene rings is 1. The Morgan fingerprint density at radius 2 is 2.20 bits per heavy atom. The topological polar surface area (TPSA) is 56.1 Å². The average Bonchev–Trinajstić information content (AvgIpc) is 2.95. The monoisotopic (exact) mass is 293 g/mol. The number of aryl methyl sites for hydroxylation is 2. The average molecular weight is 293 g/mol. The van der Waals surface area contributed by atoms with Gasteiger partial charge in [-0.25, -0.2) is 0 Å². The Morgan fingerprint density at radius 1 is 1.45 bits per heavy atom. The van der Waals surface area contributed by atoms with Gasteiger partial charge in [-0.3, -0.25) is 9.48 Å². The van der Waals surface area contributed by atoms with Crippen molar-refractivity contribution in [1.82, 2.24) is 9.78 Å². The van der Waals surface area contributed by atoms with Crippen molar-refractivity contribution in [2.75, 3.05) is 19.0 Å². The fourth-order valence-corrected chi connectivity index (χ4v) is 2.87. The van der Waals surface area contributed by atoms with Gasteiger partial charge in [0.25, 0.3) is 5.91 Å². The maximum Gasteiger partial charge on any atom is 0.266 e. The predicted octanol–water partition coefficient (Wildman–Crippen LogP) is 2.77. The van der Waals surface area contributed by atoms with Gasteiger partial charge >= 0.3 is 0 Å². The molecule has 0 saturated carbocycles. The molecule has 2 heterocycles. The molecule has 5 nitrogen and oxygen atoms in total. The molecule has 0 aliphatic carbocycles. The molecule has 0 fully saturated rings. The van der Waals surface area contributed by atoms with E-state index in [9.17, 15) is 4.79 Å². The van der Waals surface area contributed by atoms with E-state index in [1.165, 1.54) is 11.3 Å². The summed E-state index contributed by atoms with van der Waals surface area (Å²) in [5, 5.41) is 9.32. The van der Waals surface area contributed by atoms with E-state index in [4.69, 9.17) is 4.74 Å². The van der Waals surface area contributed by atoms with Crippen molar-refractivity contribution in [3.63, 3.8) is 0 Å². The summed E-state index contributed by atoms with van der Waals surface area (Å²) < 4.78 is 6.92. The van der Waals surface area contributed by atoms with Crippen LogP contribution in [0, 0.1) is 20.8 Å². The first-order valence-electron chi connectivity index (χ1n) is 6.43. The molecule has 2 aromatic rings. The van der Waals surface area contributed by atoms with Gasteiger partial charge in [-0.15, -0.1) is 11.3 Å². The third kappa shape index (κ3) is 2.91. The first-order valence-corrected chi connectivity index (χ1v) is 7.31. The van der Waals surface area contributed by atoms with Crippen LogP contribution < -0.4 is 5.32 Å². The molecule has 6 heteroatoms. The van der Waals surface area contributed by atoms with Crippen molar-refractivity contribution >= 4 is 22.9 Å². The molecule has 0 aliphatic rings. The summed E-state index contributed by atoms with van der Waals surface area (Å²) >= 11 is 1.45. The minimum absolute atomic E-state index is 0.0741. The fourth-order valence-electron chi connectivity index (χ4n) is 2.05. The van der Waals surface area contributed by atoms with E-state index < -0.39 is 0 Å². The van der Waals surface area contributed by atoms with E-state index in [2.05, 4.69) is 10.4 Å². The first-order chi connectivity index (χ1) is 9.54. The fraction of sp³-hybridized carbons (Fsp3) is 0.429. The number of methoxy groups -OCH3 is 1. The number of aromatic nitrogens is 2. The predicted molar refractivity (Wildman–Crippen MR) is 80.6 cm³/mol. The highest BCUT2D eigenvalue weighted by molar-refractivity contribution is 7.12. The molecular weight excluding hydrogens is 274 g/mol. The lowest BCUT2D eigenvalue weighted by molar-refractivity contribution is 0.103. The van der Waals surface area contributed by atoms with Crippen LogP contribution in [0.25, 0.3) is 0 Å². The molecule has 0 aliphatic heterocycles. The molecule has 0 unspecified atom stereocenters. The van der Waals surface area contributed by atoms with Crippen molar-refractivity contribution < 1.29 is 9.53 Å². The van der Waals surface area contributed by atoms with E-state index in [1.807, 2.05) is 36.9 Å². The van der Waals surface area contributed by atoms with Crippen molar-refractivity contribution in [2.24, 2.45) is 0 Å². The Labute approximate surface area is 122 Å². The molecule has 20 heavy (non-hydrogen) atoms. The van der Waals surface area contributed by atoms with Crippen LogP contribution in [0.1, 0.15) is 26.6 Å². The Balaban J connectivity index is 2.19. The molecule has 0 bridgehead atoms. The molecule has 2 aromatic heterocycles.